The van der Waals surface area contributed by atoms with Crippen molar-refractivity contribution in [1.82, 2.24) is 24.4 Å². The number of benzene rings is 2. The van der Waals surface area contributed by atoms with Gasteiger partial charge in [0.15, 0.2) is 11.6 Å². The fraction of sp³-hybridized carbons (Fsp3) is 0.143. The van der Waals surface area contributed by atoms with Crippen molar-refractivity contribution in [1.29, 1.82) is 5.26 Å². The van der Waals surface area contributed by atoms with Gasteiger partial charge in [0.2, 0.25) is 11.9 Å². The van der Waals surface area contributed by atoms with Crippen molar-refractivity contribution in [3.05, 3.63) is 83.7 Å². The molecule has 2 aromatic carbocycles. The monoisotopic (exact) mass is 572 g/mol. The molecule has 0 bridgehead atoms. The van der Waals surface area contributed by atoms with Crippen LogP contribution < -0.4 is 16.8 Å². The van der Waals surface area contributed by atoms with Gasteiger partial charge in [-0.1, -0.05) is 12.1 Å². The van der Waals surface area contributed by atoms with Crippen LogP contribution in [-0.4, -0.2) is 42.8 Å². The van der Waals surface area contributed by atoms with Gasteiger partial charge in [-0.15, -0.1) is 5.10 Å². The summed E-state index contributed by atoms with van der Waals surface area (Å²) in [5.41, 5.74) is 13.6. The fourth-order valence-electron chi connectivity index (χ4n) is 4.48. The number of rotatable bonds is 7. The number of aromatic nitrogens is 5. The van der Waals surface area contributed by atoms with Crippen LogP contribution in [0.5, 0.6) is 0 Å². The van der Waals surface area contributed by atoms with Crippen LogP contribution in [0.15, 0.2) is 72.0 Å². The highest BCUT2D eigenvalue weighted by atomic mass is 19.4. The molecule has 0 unspecified atom stereocenters. The number of nitrogens with one attached hydrogen (secondary N) is 1. The second kappa shape index (κ2) is 11.0. The average molecular weight is 573 g/mol. The lowest BCUT2D eigenvalue weighted by Gasteiger charge is -2.16. The number of carbonyl (C=O) groups is 1. The third kappa shape index (κ3) is 5.61. The van der Waals surface area contributed by atoms with Gasteiger partial charge in [0, 0.05) is 23.7 Å². The Labute approximate surface area is 236 Å². The number of carbonyl (C=O) groups excluding carboxylic acids is 1. The number of hydrogen-bond donors (Lipinski definition) is 3. The number of pyridine rings is 1. The molecule has 0 saturated carbocycles. The van der Waals surface area contributed by atoms with E-state index in [1.165, 1.54) is 10.6 Å². The standard InChI is InChI=1S/C28H23F3N10O/c1-16-21(22-9-12-36-41(22)20-7-5-17(14-32)6-8-20)15-40-25(24(16)18-3-2-4-19(13-18)28(29,30)31)38-27(39-40)37-23(42)10-11-35-26(33)34/h2-9,12-13,15H,10-11H2,1H3,(H4,33,34,35)(H,37,39,42). The molecule has 0 aliphatic heterocycles. The van der Waals surface area contributed by atoms with Gasteiger partial charge in [0.05, 0.1) is 41.3 Å². The molecular formula is C28H23F3N10O. The van der Waals surface area contributed by atoms with Crippen LogP contribution in [0.2, 0.25) is 0 Å². The molecule has 0 atom stereocenters. The summed E-state index contributed by atoms with van der Waals surface area (Å²) in [6.07, 6.45) is -1.35. The Morgan fingerprint density at radius 2 is 1.90 bits per heavy atom. The Bertz CT molecular complexity index is 1860. The first-order chi connectivity index (χ1) is 20.0. The molecule has 5 N–H and O–H groups in total. The molecule has 3 aromatic heterocycles. The normalized spacial score (nSPS) is 11.3. The topological polar surface area (TPSA) is 165 Å². The van der Waals surface area contributed by atoms with Crippen molar-refractivity contribution >= 4 is 23.5 Å². The van der Waals surface area contributed by atoms with Crippen LogP contribution in [0.4, 0.5) is 19.1 Å². The highest BCUT2D eigenvalue weighted by molar-refractivity contribution is 5.91. The van der Waals surface area contributed by atoms with E-state index in [1.807, 2.05) is 0 Å². The van der Waals surface area contributed by atoms with Crippen molar-refractivity contribution < 1.29 is 18.0 Å². The quantitative estimate of drug-likeness (QED) is 0.195. The molecule has 3 heterocycles. The van der Waals surface area contributed by atoms with Gasteiger partial charge in [-0.3, -0.25) is 15.1 Å². The van der Waals surface area contributed by atoms with Crippen molar-refractivity contribution in [2.75, 3.05) is 11.9 Å². The summed E-state index contributed by atoms with van der Waals surface area (Å²) in [6.45, 7) is 1.82. The summed E-state index contributed by atoms with van der Waals surface area (Å²) in [7, 11) is 0. The van der Waals surface area contributed by atoms with Crippen molar-refractivity contribution in [2.24, 2.45) is 16.5 Å². The third-order valence-electron chi connectivity index (χ3n) is 6.41. The summed E-state index contributed by atoms with van der Waals surface area (Å²) in [4.78, 5) is 20.7. The van der Waals surface area contributed by atoms with Gasteiger partial charge < -0.3 is 11.5 Å². The average Bonchev–Trinajstić information content (AvgIpc) is 3.59. The number of alkyl halides is 3. The SMILES string of the molecule is Cc1c(-c2ccnn2-c2ccc(C#N)cc2)cn2nc(NC(=O)CCN=C(N)N)nc2c1-c1cccc(C(F)(F)F)c1. The lowest BCUT2D eigenvalue weighted by molar-refractivity contribution is -0.137. The molecule has 1 amide bonds. The van der Waals surface area contributed by atoms with Crippen LogP contribution in [0.25, 0.3) is 33.7 Å². The second-order valence-corrected chi connectivity index (χ2v) is 9.22. The summed E-state index contributed by atoms with van der Waals surface area (Å²) < 4.78 is 44.0. The summed E-state index contributed by atoms with van der Waals surface area (Å²) in [5, 5.41) is 20.6. The first kappa shape index (κ1) is 27.8. The number of hydrogen-bond acceptors (Lipinski definition) is 6. The number of halogens is 3. The van der Waals surface area contributed by atoms with E-state index in [9.17, 15) is 18.0 Å². The van der Waals surface area contributed by atoms with E-state index in [0.717, 1.165) is 12.1 Å². The lowest BCUT2D eigenvalue weighted by atomic mass is 9.95. The zero-order valence-corrected chi connectivity index (χ0v) is 22.1. The molecule has 5 aromatic rings. The van der Waals surface area contributed by atoms with Crippen LogP contribution in [-0.2, 0) is 11.0 Å². The molecule has 0 radical (unpaired) electrons. The Hall–Kier alpha value is -5.71. The molecule has 11 nitrogen and oxygen atoms in total. The molecule has 0 saturated heterocycles. The zero-order valence-electron chi connectivity index (χ0n) is 22.1. The van der Waals surface area contributed by atoms with E-state index >= 15 is 0 Å². The Morgan fingerprint density at radius 1 is 1.14 bits per heavy atom. The highest BCUT2D eigenvalue weighted by Gasteiger charge is 2.31. The Balaban J connectivity index is 1.66. The zero-order chi connectivity index (χ0) is 30.0. The van der Waals surface area contributed by atoms with Gasteiger partial charge in [0.1, 0.15) is 0 Å². The first-order valence-corrected chi connectivity index (χ1v) is 12.5. The number of anilines is 1. The van der Waals surface area contributed by atoms with E-state index in [2.05, 4.69) is 31.6 Å². The maximum Gasteiger partial charge on any atom is 0.416 e. The maximum atomic E-state index is 13.7. The van der Waals surface area contributed by atoms with Crippen molar-refractivity contribution in [3.8, 4) is 34.1 Å². The van der Waals surface area contributed by atoms with Gasteiger partial charge >= 0.3 is 6.18 Å². The number of nitriles is 1. The van der Waals surface area contributed by atoms with Crippen molar-refractivity contribution in [2.45, 2.75) is 19.5 Å². The minimum atomic E-state index is -4.56. The minimum absolute atomic E-state index is 0.0397. The van der Waals surface area contributed by atoms with Gasteiger partial charge in [-0.25, -0.2) is 9.20 Å². The molecule has 0 fully saturated rings. The van der Waals surface area contributed by atoms with Crippen LogP contribution >= 0.6 is 0 Å². The lowest BCUT2D eigenvalue weighted by Crippen LogP contribution is -2.23. The highest BCUT2D eigenvalue weighted by Crippen LogP contribution is 2.38. The summed E-state index contributed by atoms with van der Waals surface area (Å²) in [5.74, 6) is -0.648. The second-order valence-electron chi connectivity index (χ2n) is 9.22. The van der Waals surface area contributed by atoms with Gasteiger partial charge in [0.25, 0.3) is 0 Å². The predicted molar refractivity (Wildman–Crippen MR) is 149 cm³/mol. The molecule has 0 spiro atoms. The molecule has 0 aliphatic carbocycles. The summed E-state index contributed by atoms with van der Waals surface area (Å²) in [6, 6.07) is 15.5. The maximum absolute atomic E-state index is 13.7. The van der Waals surface area contributed by atoms with E-state index in [0.29, 0.717) is 33.6 Å². The van der Waals surface area contributed by atoms with Gasteiger partial charge in [-0.05, 0) is 60.5 Å². The molecular weight excluding hydrogens is 549 g/mol. The Morgan fingerprint density at radius 3 is 2.60 bits per heavy atom. The largest absolute Gasteiger partial charge is 0.416 e. The van der Waals surface area contributed by atoms with Crippen LogP contribution in [0.1, 0.15) is 23.1 Å². The predicted octanol–water partition coefficient (Wildman–Crippen LogP) is 4.05. The van der Waals surface area contributed by atoms with E-state index in [4.69, 9.17) is 16.7 Å². The van der Waals surface area contributed by atoms with Crippen LogP contribution in [0, 0.1) is 18.3 Å². The number of fused-ring (bicyclic) bond motifs is 1. The molecule has 14 heteroatoms. The Kier molecular flexibility index (Phi) is 7.32. The fourth-order valence-corrected chi connectivity index (χ4v) is 4.48. The number of nitrogens with zero attached hydrogens (tertiary/aromatic N) is 7. The number of aliphatic imine (C=N–C) groups is 1. The molecule has 212 valence electrons. The minimum Gasteiger partial charge on any atom is -0.370 e. The number of amides is 1. The van der Waals surface area contributed by atoms with E-state index in [1.54, 1.807) is 60.4 Å². The number of guanidine groups is 1. The molecule has 0 aliphatic rings. The third-order valence-corrected chi connectivity index (χ3v) is 6.41. The van der Waals surface area contributed by atoms with Gasteiger partial charge in [-0.2, -0.15) is 28.5 Å². The first-order valence-electron chi connectivity index (χ1n) is 12.5. The smallest absolute Gasteiger partial charge is 0.370 e. The molecule has 5 rings (SSSR count). The summed E-state index contributed by atoms with van der Waals surface area (Å²) >= 11 is 0. The van der Waals surface area contributed by atoms with E-state index in [-0.39, 0.29) is 36.1 Å². The number of nitrogens with two attached hydrogens (primary N) is 2. The van der Waals surface area contributed by atoms with Crippen molar-refractivity contribution in [3.63, 3.8) is 0 Å². The van der Waals surface area contributed by atoms with Crippen LogP contribution in [0.3, 0.4) is 0 Å². The molecule has 42 heavy (non-hydrogen) atoms. The van der Waals surface area contributed by atoms with E-state index < -0.39 is 17.6 Å².